The lowest BCUT2D eigenvalue weighted by Gasteiger charge is -2.15. The summed E-state index contributed by atoms with van der Waals surface area (Å²) in [6, 6.07) is 8.57. The molecule has 0 spiro atoms. The van der Waals surface area contributed by atoms with Crippen molar-refractivity contribution in [3.63, 3.8) is 0 Å². The van der Waals surface area contributed by atoms with Crippen LogP contribution >= 0.6 is 0 Å². The van der Waals surface area contributed by atoms with Crippen LogP contribution in [0, 0.1) is 11.3 Å². The fourth-order valence-electron chi connectivity index (χ4n) is 1.54. The monoisotopic (exact) mass is 247 g/mol. The average molecular weight is 247 g/mol. The molecule has 4 heteroatoms. The van der Waals surface area contributed by atoms with Crippen LogP contribution in [0.1, 0.15) is 36.2 Å². The maximum Gasteiger partial charge on any atom is 0.167 e. The van der Waals surface area contributed by atoms with E-state index in [9.17, 15) is 4.79 Å². The van der Waals surface area contributed by atoms with Crippen molar-refractivity contribution in [1.29, 1.82) is 5.26 Å². The average Bonchev–Trinajstić information content (AvgIpc) is 2.39. The van der Waals surface area contributed by atoms with Gasteiger partial charge in [-0.15, -0.1) is 0 Å². The van der Waals surface area contributed by atoms with Gasteiger partial charge in [0.25, 0.3) is 0 Å². The summed E-state index contributed by atoms with van der Waals surface area (Å²) in [7, 11) is 0. The van der Waals surface area contributed by atoms with E-state index in [1.54, 1.807) is 24.3 Å². The van der Waals surface area contributed by atoms with Gasteiger partial charge in [0.2, 0.25) is 0 Å². The Morgan fingerprint density at radius 1 is 1.22 bits per heavy atom. The van der Waals surface area contributed by atoms with E-state index in [4.69, 9.17) is 14.7 Å². The second-order valence-corrected chi connectivity index (χ2v) is 3.66. The van der Waals surface area contributed by atoms with Gasteiger partial charge in [-0.3, -0.25) is 4.79 Å². The van der Waals surface area contributed by atoms with Crippen LogP contribution in [0.15, 0.2) is 24.3 Å². The lowest BCUT2D eigenvalue weighted by molar-refractivity contribution is -0.133. The van der Waals surface area contributed by atoms with Crippen molar-refractivity contribution in [2.75, 3.05) is 13.2 Å². The van der Waals surface area contributed by atoms with Crippen molar-refractivity contribution in [2.45, 2.75) is 26.6 Å². The molecule has 0 bridgehead atoms. The minimum absolute atomic E-state index is 0.0496. The van der Waals surface area contributed by atoms with Crippen LogP contribution in [-0.4, -0.2) is 25.3 Å². The zero-order chi connectivity index (χ0) is 13.4. The van der Waals surface area contributed by atoms with Crippen LogP contribution < -0.4 is 0 Å². The zero-order valence-electron chi connectivity index (χ0n) is 10.7. The van der Waals surface area contributed by atoms with E-state index in [2.05, 4.69) is 0 Å². The van der Waals surface area contributed by atoms with Gasteiger partial charge in [0.1, 0.15) is 0 Å². The zero-order valence-corrected chi connectivity index (χ0v) is 10.7. The van der Waals surface area contributed by atoms with Gasteiger partial charge in [0, 0.05) is 18.8 Å². The largest absolute Gasteiger partial charge is 0.352 e. The molecule has 1 aromatic carbocycles. The van der Waals surface area contributed by atoms with Gasteiger partial charge in [-0.1, -0.05) is 12.1 Å². The molecule has 0 aliphatic carbocycles. The van der Waals surface area contributed by atoms with E-state index in [-0.39, 0.29) is 12.2 Å². The summed E-state index contributed by atoms with van der Waals surface area (Å²) in [5, 5.41) is 8.68. The molecular weight excluding hydrogens is 230 g/mol. The fourth-order valence-corrected chi connectivity index (χ4v) is 1.54. The number of nitrogens with zero attached hydrogens (tertiary/aromatic N) is 1. The fraction of sp³-hybridized carbons (Fsp3) is 0.429. The molecule has 1 aromatic rings. The number of rotatable bonds is 7. The van der Waals surface area contributed by atoms with E-state index in [0.29, 0.717) is 24.3 Å². The van der Waals surface area contributed by atoms with Gasteiger partial charge < -0.3 is 9.47 Å². The van der Waals surface area contributed by atoms with E-state index in [1.807, 2.05) is 19.9 Å². The van der Waals surface area contributed by atoms with Crippen molar-refractivity contribution in [3.05, 3.63) is 35.4 Å². The summed E-state index contributed by atoms with van der Waals surface area (Å²) in [6.07, 6.45) is -0.309. The molecule has 0 amide bonds. The SMILES string of the molecule is CCOC(CC(=O)c1ccc(C#N)cc1)OCC. The normalized spacial score (nSPS) is 10.3. The molecule has 0 aliphatic heterocycles. The molecule has 0 aliphatic rings. The molecule has 4 nitrogen and oxygen atoms in total. The predicted octanol–water partition coefficient (Wildman–Crippen LogP) is 2.53. The molecule has 0 N–H and O–H groups in total. The number of benzene rings is 1. The molecule has 0 saturated carbocycles. The standard InChI is InChI=1S/C14H17NO3/c1-3-17-14(18-4-2)9-13(16)12-7-5-11(10-15)6-8-12/h5-8,14H,3-4,9H2,1-2H3. The van der Waals surface area contributed by atoms with Gasteiger partial charge in [-0.2, -0.15) is 5.26 Å². The van der Waals surface area contributed by atoms with E-state index in [0.717, 1.165) is 0 Å². The number of carbonyl (C=O) groups is 1. The second-order valence-electron chi connectivity index (χ2n) is 3.66. The highest BCUT2D eigenvalue weighted by Crippen LogP contribution is 2.10. The molecular formula is C14H17NO3. The highest BCUT2D eigenvalue weighted by Gasteiger charge is 2.15. The quantitative estimate of drug-likeness (QED) is 0.548. The van der Waals surface area contributed by atoms with E-state index in [1.165, 1.54) is 0 Å². The molecule has 0 fully saturated rings. The Balaban J connectivity index is 2.65. The Labute approximate surface area is 107 Å². The summed E-state index contributed by atoms with van der Waals surface area (Å²) >= 11 is 0. The van der Waals surface area contributed by atoms with Gasteiger partial charge >= 0.3 is 0 Å². The third kappa shape index (κ3) is 4.28. The molecule has 0 aromatic heterocycles. The minimum Gasteiger partial charge on any atom is -0.352 e. The summed E-state index contributed by atoms with van der Waals surface area (Å²) in [4.78, 5) is 12.0. The lowest BCUT2D eigenvalue weighted by atomic mass is 10.1. The van der Waals surface area contributed by atoms with Gasteiger partial charge in [-0.25, -0.2) is 0 Å². The van der Waals surface area contributed by atoms with Crippen LogP contribution in [0.3, 0.4) is 0 Å². The maximum absolute atomic E-state index is 12.0. The summed E-state index contributed by atoms with van der Waals surface area (Å²) in [6.45, 7) is 4.73. The van der Waals surface area contributed by atoms with Crippen molar-refractivity contribution in [3.8, 4) is 6.07 Å². The van der Waals surface area contributed by atoms with Crippen LogP contribution in [0.4, 0.5) is 0 Å². The lowest BCUT2D eigenvalue weighted by Crippen LogP contribution is -2.21. The van der Waals surface area contributed by atoms with Crippen LogP contribution in [0.25, 0.3) is 0 Å². The molecule has 96 valence electrons. The first-order valence-electron chi connectivity index (χ1n) is 5.97. The highest BCUT2D eigenvalue weighted by molar-refractivity contribution is 5.96. The smallest absolute Gasteiger partial charge is 0.167 e. The third-order valence-corrected chi connectivity index (χ3v) is 2.39. The summed E-state index contributed by atoms with van der Waals surface area (Å²) in [5.41, 5.74) is 1.11. The van der Waals surface area contributed by atoms with Crippen molar-refractivity contribution in [1.82, 2.24) is 0 Å². The first kappa shape index (κ1) is 14.4. The number of Topliss-reactive ketones (excluding diaryl/α,β-unsaturated/α-hetero) is 1. The van der Waals surface area contributed by atoms with E-state index >= 15 is 0 Å². The molecule has 18 heavy (non-hydrogen) atoms. The first-order chi connectivity index (χ1) is 8.71. The van der Waals surface area contributed by atoms with Crippen LogP contribution in [0.5, 0.6) is 0 Å². The number of nitriles is 1. The Morgan fingerprint density at radius 2 is 1.78 bits per heavy atom. The maximum atomic E-state index is 12.0. The Kier molecular flexibility index (Phi) is 6.06. The molecule has 0 heterocycles. The minimum atomic E-state index is -0.497. The van der Waals surface area contributed by atoms with E-state index < -0.39 is 6.29 Å². The molecule has 0 atom stereocenters. The van der Waals surface area contributed by atoms with Crippen molar-refractivity contribution < 1.29 is 14.3 Å². The number of carbonyl (C=O) groups excluding carboxylic acids is 1. The Morgan fingerprint density at radius 3 is 2.22 bits per heavy atom. The van der Waals surface area contributed by atoms with Crippen molar-refractivity contribution >= 4 is 5.78 Å². The van der Waals surface area contributed by atoms with Gasteiger partial charge in [0.15, 0.2) is 12.1 Å². The highest BCUT2D eigenvalue weighted by atomic mass is 16.7. The molecule has 0 saturated heterocycles. The molecule has 0 unspecified atom stereocenters. The topological polar surface area (TPSA) is 59.3 Å². The number of hydrogen-bond donors (Lipinski definition) is 0. The van der Waals surface area contributed by atoms with Gasteiger partial charge in [0.05, 0.1) is 18.1 Å². The predicted molar refractivity (Wildman–Crippen MR) is 67.1 cm³/mol. The third-order valence-electron chi connectivity index (χ3n) is 2.39. The Bertz CT molecular complexity index is 414. The summed E-state index contributed by atoms with van der Waals surface area (Å²) in [5.74, 6) is -0.0496. The molecule has 0 radical (unpaired) electrons. The van der Waals surface area contributed by atoms with Crippen molar-refractivity contribution in [2.24, 2.45) is 0 Å². The second kappa shape index (κ2) is 7.59. The van der Waals surface area contributed by atoms with Gasteiger partial charge in [-0.05, 0) is 26.0 Å². The first-order valence-corrected chi connectivity index (χ1v) is 5.97. The van der Waals surface area contributed by atoms with Crippen LogP contribution in [-0.2, 0) is 9.47 Å². The number of ketones is 1. The van der Waals surface area contributed by atoms with Crippen LogP contribution in [0.2, 0.25) is 0 Å². The molecule has 1 rings (SSSR count). The Hall–Kier alpha value is -1.70. The number of ether oxygens (including phenoxy) is 2. The number of hydrogen-bond acceptors (Lipinski definition) is 4. The summed E-state index contributed by atoms with van der Waals surface area (Å²) < 4.78 is 10.6.